The molecule has 1 aliphatic rings. The number of rotatable bonds is 6. The zero-order valence-electron chi connectivity index (χ0n) is 11.5. The van der Waals surface area contributed by atoms with Gasteiger partial charge in [0.1, 0.15) is 0 Å². The van der Waals surface area contributed by atoms with Gasteiger partial charge in [0.15, 0.2) is 0 Å². The lowest BCUT2D eigenvalue weighted by Crippen LogP contribution is -2.26. The first kappa shape index (κ1) is 13.6. The highest BCUT2D eigenvalue weighted by Crippen LogP contribution is 2.34. The van der Waals surface area contributed by atoms with Crippen molar-refractivity contribution in [3.63, 3.8) is 0 Å². The van der Waals surface area contributed by atoms with E-state index in [1.807, 2.05) is 0 Å². The van der Waals surface area contributed by atoms with E-state index in [9.17, 15) is 0 Å². The lowest BCUT2D eigenvalue weighted by atomic mass is 10.0. The van der Waals surface area contributed by atoms with Crippen molar-refractivity contribution < 1.29 is 4.43 Å². The summed E-state index contributed by atoms with van der Waals surface area (Å²) in [6.07, 6.45) is 9.45. The zero-order valence-corrected chi connectivity index (χ0v) is 12.5. The predicted octanol–water partition coefficient (Wildman–Crippen LogP) is 4.88. The van der Waals surface area contributed by atoms with E-state index in [1.165, 1.54) is 30.6 Å². The molecule has 0 fully saturated rings. The fourth-order valence-electron chi connectivity index (χ4n) is 2.13. The molecule has 0 spiro atoms. The fourth-order valence-corrected chi connectivity index (χ4v) is 3.07. The van der Waals surface area contributed by atoms with Crippen LogP contribution in [0.3, 0.4) is 0 Å². The second-order valence-corrected chi connectivity index (χ2v) is 10.0. The third-order valence-electron chi connectivity index (χ3n) is 2.72. The van der Waals surface area contributed by atoms with E-state index in [4.69, 9.17) is 4.43 Å². The Labute approximate surface area is 102 Å². The molecule has 0 saturated carbocycles. The molecule has 1 aliphatic carbocycles. The van der Waals surface area contributed by atoms with Crippen LogP contribution >= 0.6 is 0 Å². The van der Waals surface area contributed by atoms with Crippen molar-refractivity contribution in [2.24, 2.45) is 5.92 Å². The molecule has 1 atom stereocenters. The predicted molar refractivity (Wildman–Crippen MR) is 73.9 cm³/mol. The van der Waals surface area contributed by atoms with Gasteiger partial charge in [-0.3, -0.25) is 0 Å². The summed E-state index contributed by atoms with van der Waals surface area (Å²) in [5, 5.41) is 0. The van der Waals surface area contributed by atoms with Gasteiger partial charge >= 0.3 is 0 Å². The zero-order chi connectivity index (χ0) is 12.2. The molecule has 0 bridgehead atoms. The Morgan fingerprint density at radius 3 is 2.38 bits per heavy atom. The minimum absolute atomic E-state index is 0.554. The Balaban J connectivity index is 2.81. The van der Waals surface area contributed by atoms with E-state index in [0.29, 0.717) is 5.92 Å². The van der Waals surface area contributed by atoms with Crippen LogP contribution in [0.25, 0.3) is 0 Å². The van der Waals surface area contributed by atoms with E-state index in [2.05, 4.69) is 45.6 Å². The molecule has 2 heteroatoms. The van der Waals surface area contributed by atoms with E-state index in [0.717, 1.165) is 6.42 Å². The van der Waals surface area contributed by atoms with Gasteiger partial charge in [0.05, 0.1) is 5.76 Å². The SMILES string of the molecule is CCCC1=C(O[Si](C)(C)C)C(CCC)C=C1. The van der Waals surface area contributed by atoms with Crippen molar-refractivity contribution in [2.45, 2.75) is 59.2 Å². The Morgan fingerprint density at radius 2 is 1.88 bits per heavy atom. The summed E-state index contributed by atoms with van der Waals surface area (Å²) in [5.74, 6) is 1.85. The Morgan fingerprint density at radius 1 is 1.19 bits per heavy atom. The van der Waals surface area contributed by atoms with Crippen molar-refractivity contribution >= 4 is 8.32 Å². The first-order valence-electron chi connectivity index (χ1n) is 6.58. The molecule has 92 valence electrons. The van der Waals surface area contributed by atoms with E-state index >= 15 is 0 Å². The quantitative estimate of drug-likeness (QED) is 0.599. The average molecular weight is 238 g/mol. The van der Waals surface area contributed by atoms with Gasteiger partial charge in [-0.2, -0.15) is 0 Å². The fraction of sp³-hybridized carbons (Fsp3) is 0.714. The van der Waals surface area contributed by atoms with E-state index < -0.39 is 8.32 Å². The molecule has 1 nitrogen and oxygen atoms in total. The minimum atomic E-state index is -1.46. The van der Waals surface area contributed by atoms with Crippen LogP contribution in [0, 0.1) is 5.92 Å². The largest absolute Gasteiger partial charge is 0.547 e. The molecule has 0 amide bonds. The average Bonchev–Trinajstić information content (AvgIpc) is 2.49. The van der Waals surface area contributed by atoms with Crippen LogP contribution in [-0.2, 0) is 4.43 Å². The lowest BCUT2D eigenvalue weighted by molar-refractivity contribution is 0.357. The third kappa shape index (κ3) is 3.82. The van der Waals surface area contributed by atoms with E-state index in [-0.39, 0.29) is 0 Å². The number of hydrogen-bond donors (Lipinski definition) is 0. The van der Waals surface area contributed by atoms with E-state index in [1.54, 1.807) is 0 Å². The summed E-state index contributed by atoms with van der Waals surface area (Å²) in [6, 6.07) is 0. The monoisotopic (exact) mass is 238 g/mol. The van der Waals surface area contributed by atoms with Gasteiger partial charge in [0.2, 0.25) is 8.32 Å². The summed E-state index contributed by atoms with van der Waals surface area (Å²) in [7, 11) is -1.46. The van der Waals surface area contributed by atoms with Crippen molar-refractivity contribution in [3.05, 3.63) is 23.5 Å². The Bertz CT molecular complexity index is 284. The standard InChI is InChI=1S/C14H26OSi/c1-6-8-12-10-11-13(9-7-2)14(12)15-16(3,4)5/h10-12H,6-9H2,1-5H3. The molecule has 0 saturated heterocycles. The Kier molecular flexibility index (Phi) is 4.84. The van der Waals surface area contributed by atoms with Crippen molar-refractivity contribution in [2.75, 3.05) is 0 Å². The van der Waals surface area contributed by atoms with Crippen LogP contribution in [0.4, 0.5) is 0 Å². The Hall–Kier alpha value is -0.503. The molecule has 1 rings (SSSR count). The molecular formula is C14H26OSi. The third-order valence-corrected chi connectivity index (χ3v) is 3.55. The maximum absolute atomic E-state index is 6.28. The second-order valence-electron chi connectivity index (χ2n) is 5.61. The second kappa shape index (κ2) is 5.71. The normalized spacial score (nSPS) is 20.7. The highest BCUT2D eigenvalue weighted by atomic mass is 28.4. The van der Waals surface area contributed by atoms with Crippen LogP contribution < -0.4 is 0 Å². The van der Waals surface area contributed by atoms with Gasteiger partial charge in [0.25, 0.3) is 0 Å². The highest BCUT2D eigenvalue weighted by molar-refractivity contribution is 6.70. The van der Waals surface area contributed by atoms with Gasteiger partial charge in [0, 0.05) is 5.92 Å². The maximum Gasteiger partial charge on any atom is 0.241 e. The highest BCUT2D eigenvalue weighted by Gasteiger charge is 2.26. The molecule has 0 aromatic heterocycles. The summed E-state index contributed by atoms with van der Waals surface area (Å²) in [5.41, 5.74) is 1.45. The van der Waals surface area contributed by atoms with Crippen LogP contribution in [0.2, 0.25) is 19.6 Å². The molecule has 0 aliphatic heterocycles. The van der Waals surface area contributed by atoms with Gasteiger partial charge < -0.3 is 4.43 Å². The van der Waals surface area contributed by atoms with Gasteiger partial charge in [-0.15, -0.1) is 0 Å². The molecule has 16 heavy (non-hydrogen) atoms. The van der Waals surface area contributed by atoms with Gasteiger partial charge in [-0.25, -0.2) is 0 Å². The molecule has 0 aromatic rings. The van der Waals surface area contributed by atoms with Crippen LogP contribution in [-0.4, -0.2) is 8.32 Å². The van der Waals surface area contributed by atoms with Crippen LogP contribution in [0.15, 0.2) is 23.5 Å². The molecular weight excluding hydrogens is 212 g/mol. The molecule has 0 radical (unpaired) electrons. The molecule has 0 heterocycles. The summed E-state index contributed by atoms with van der Waals surface area (Å²) in [4.78, 5) is 0. The first-order chi connectivity index (χ1) is 7.48. The first-order valence-corrected chi connectivity index (χ1v) is 9.99. The molecule has 0 aromatic carbocycles. The maximum atomic E-state index is 6.28. The van der Waals surface area contributed by atoms with Crippen molar-refractivity contribution in [1.29, 1.82) is 0 Å². The molecule has 0 N–H and O–H groups in total. The summed E-state index contributed by atoms with van der Waals surface area (Å²) >= 11 is 0. The van der Waals surface area contributed by atoms with Crippen LogP contribution in [0.1, 0.15) is 39.5 Å². The van der Waals surface area contributed by atoms with Crippen LogP contribution in [0.5, 0.6) is 0 Å². The summed E-state index contributed by atoms with van der Waals surface area (Å²) < 4.78 is 6.28. The van der Waals surface area contributed by atoms with Gasteiger partial charge in [-0.05, 0) is 38.1 Å². The van der Waals surface area contributed by atoms with Gasteiger partial charge in [-0.1, -0.05) is 38.8 Å². The van der Waals surface area contributed by atoms with Crippen molar-refractivity contribution in [3.8, 4) is 0 Å². The molecule has 1 unspecified atom stereocenters. The topological polar surface area (TPSA) is 9.23 Å². The minimum Gasteiger partial charge on any atom is -0.547 e. The number of allylic oxidation sites excluding steroid dienone is 3. The lowest BCUT2D eigenvalue weighted by Gasteiger charge is -2.25. The summed E-state index contributed by atoms with van der Waals surface area (Å²) in [6.45, 7) is 11.3. The van der Waals surface area contributed by atoms with Crippen molar-refractivity contribution in [1.82, 2.24) is 0 Å². The smallest absolute Gasteiger partial charge is 0.241 e. The number of hydrogen-bond acceptors (Lipinski definition) is 1.